The maximum atomic E-state index is 11.8. The van der Waals surface area contributed by atoms with Gasteiger partial charge >= 0.3 is 12.1 Å². The van der Waals surface area contributed by atoms with Crippen LogP contribution in [-0.2, 0) is 16.1 Å². The lowest BCUT2D eigenvalue weighted by atomic mass is 10.2. The fraction of sp³-hybridized carbons (Fsp3) is 0.143. The van der Waals surface area contributed by atoms with Crippen molar-refractivity contribution < 1.29 is 19.1 Å². The van der Waals surface area contributed by atoms with Crippen LogP contribution in [0.15, 0.2) is 40.2 Å². The van der Waals surface area contributed by atoms with E-state index in [0.29, 0.717) is 15.0 Å². The van der Waals surface area contributed by atoms with Crippen molar-refractivity contribution in [1.29, 1.82) is 0 Å². The van der Waals surface area contributed by atoms with Crippen LogP contribution in [0.5, 0.6) is 0 Å². The second kappa shape index (κ2) is 7.24. The molecular formula is C14H12BrNO4S. The average Bonchev–Trinajstić information content (AvgIpc) is 2.86. The number of nitrogens with one attached hydrogen (secondary N) is 1. The summed E-state index contributed by atoms with van der Waals surface area (Å²) in [4.78, 5) is 23.7. The number of hydrogen-bond acceptors (Lipinski definition) is 5. The van der Waals surface area contributed by atoms with Gasteiger partial charge in [-0.15, -0.1) is 11.3 Å². The number of rotatable bonds is 4. The molecule has 21 heavy (non-hydrogen) atoms. The van der Waals surface area contributed by atoms with E-state index in [1.54, 1.807) is 5.38 Å². The molecule has 0 saturated heterocycles. The SMILES string of the molecule is COC(=O)c1scc(Br)c1NC(=O)OCc1ccccc1. The normalized spacial score (nSPS) is 10.0. The smallest absolute Gasteiger partial charge is 0.412 e. The highest BCUT2D eigenvalue weighted by molar-refractivity contribution is 9.10. The van der Waals surface area contributed by atoms with E-state index in [0.717, 1.165) is 5.56 Å². The van der Waals surface area contributed by atoms with Gasteiger partial charge in [0.25, 0.3) is 0 Å². The predicted octanol–water partition coefficient (Wildman–Crippen LogP) is 4.05. The van der Waals surface area contributed by atoms with Gasteiger partial charge in [0.2, 0.25) is 0 Å². The summed E-state index contributed by atoms with van der Waals surface area (Å²) in [6.07, 6.45) is -0.636. The number of amides is 1. The van der Waals surface area contributed by atoms with E-state index in [1.807, 2.05) is 30.3 Å². The molecule has 0 spiro atoms. The Kier molecular flexibility index (Phi) is 5.35. The number of benzene rings is 1. The molecular weight excluding hydrogens is 358 g/mol. The number of anilines is 1. The highest BCUT2D eigenvalue weighted by Crippen LogP contribution is 2.33. The highest BCUT2D eigenvalue weighted by Gasteiger charge is 2.19. The van der Waals surface area contributed by atoms with Crippen molar-refractivity contribution in [3.8, 4) is 0 Å². The molecule has 5 nitrogen and oxygen atoms in total. The van der Waals surface area contributed by atoms with E-state index in [-0.39, 0.29) is 6.61 Å². The van der Waals surface area contributed by atoms with Crippen LogP contribution in [0.4, 0.5) is 10.5 Å². The number of carbonyl (C=O) groups excluding carboxylic acids is 2. The quantitative estimate of drug-likeness (QED) is 0.825. The topological polar surface area (TPSA) is 64.6 Å². The van der Waals surface area contributed by atoms with Crippen molar-refractivity contribution in [2.75, 3.05) is 12.4 Å². The van der Waals surface area contributed by atoms with Crippen LogP contribution in [0.2, 0.25) is 0 Å². The van der Waals surface area contributed by atoms with Gasteiger partial charge < -0.3 is 9.47 Å². The molecule has 0 aliphatic rings. The monoisotopic (exact) mass is 369 g/mol. The van der Waals surface area contributed by atoms with E-state index in [9.17, 15) is 9.59 Å². The largest absolute Gasteiger partial charge is 0.465 e. The third-order valence-electron chi connectivity index (χ3n) is 2.56. The third-order valence-corrected chi connectivity index (χ3v) is 4.45. The lowest BCUT2D eigenvalue weighted by molar-refractivity contribution is 0.0607. The van der Waals surface area contributed by atoms with E-state index >= 15 is 0 Å². The van der Waals surface area contributed by atoms with Crippen molar-refractivity contribution in [2.24, 2.45) is 0 Å². The molecule has 1 heterocycles. The number of esters is 1. The number of halogens is 1. The zero-order chi connectivity index (χ0) is 15.2. The van der Waals surface area contributed by atoms with Crippen LogP contribution in [-0.4, -0.2) is 19.2 Å². The first-order valence-electron chi connectivity index (χ1n) is 5.95. The predicted molar refractivity (Wildman–Crippen MR) is 83.6 cm³/mol. The molecule has 1 amide bonds. The van der Waals surface area contributed by atoms with Gasteiger partial charge in [0.15, 0.2) is 0 Å². The molecule has 0 atom stereocenters. The van der Waals surface area contributed by atoms with Gasteiger partial charge in [-0.3, -0.25) is 5.32 Å². The fourth-order valence-corrected chi connectivity index (χ4v) is 3.06. The van der Waals surface area contributed by atoms with Gasteiger partial charge in [0.05, 0.1) is 17.3 Å². The number of hydrogen-bond donors (Lipinski definition) is 1. The summed E-state index contributed by atoms with van der Waals surface area (Å²) in [7, 11) is 1.29. The molecule has 0 radical (unpaired) electrons. The zero-order valence-corrected chi connectivity index (χ0v) is 13.5. The molecule has 0 unspecified atom stereocenters. The number of methoxy groups -OCH3 is 1. The van der Waals surface area contributed by atoms with Gasteiger partial charge in [-0.25, -0.2) is 9.59 Å². The number of thiophene rings is 1. The highest BCUT2D eigenvalue weighted by atomic mass is 79.9. The van der Waals surface area contributed by atoms with Gasteiger partial charge in [0, 0.05) is 5.38 Å². The molecule has 0 aliphatic carbocycles. The standard InChI is InChI=1S/C14H12BrNO4S/c1-19-13(17)12-11(10(15)8-21-12)16-14(18)20-7-9-5-3-2-4-6-9/h2-6,8H,7H2,1H3,(H,16,18). The first-order valence-corrected chi connectivity index (χ1v) is 7.62. The second-order valence-electron chi connectivity index (χ2n) is 3.97. The molecule has 2 aromatic rings. The van der Waals surface area contributed by atoms with E-state index in [2.05, 4.69) is 26.0 Å². The van der Waals surface area contributed by atoms with Crippen LogP contribution in [0, 0.1) is 0 Å². The minimum atomic E-state index is -0.636. The van der Waals surface area contributed by atoms with Gasteiger partial charge in [-0.05, 0) is 21.5 Å². The van der Waals surface area contributed by atoms with Crippen LogP contribution in [0.25, 0.3) is 0 Å². The van der Waals surface area contributed by atoms with Crippen molar-refractivity contribution in [3.63, 3.8) is 0 Å². The Morgan fingerprint density at radius 2 is 2.00 bits per heavy atom. The summed E-state index contributed by atoms with van der Waals surface area (Å²) in [5.41, 5.74) is 1.23. The Labute approximate surface area is 134 Å². The van der Waals surface area contributed by atoms with E-state index in [4.69, 9.17) is 4.74 Å². The maximum absolute atomic E-state index is 11.8. The second-order valence-corrected chi connectivity index (χ2v) is 5.70. The summed E-state index contributed by atoms with van der Waals surface area (Å²) in [6.45, 7) is 0.155. The summed E-state index contributed by atoms with van der Waals surface area (Å²) < 4.78 is 10.4. The van der Waals surface area contributed by atoms with E-state index in [1.165, 1.54) is 18.4 Å². The van der Waals surface area contributed by atoms with Crippen LogP contribution in [0.1, 0.15) is 15.2 Å². The lowest BCUT2D eigenvalue weighted by Crippen LogP contribution is -2.15. The molecule has 0 aliphatic heterocycles. The minimum absolute atomic E-state index is 0.155. The van der Waals surface area contributed by atoms with Crippen LogP contribution >= 0.6 is 27.3 Å². The average molecular weight is 370 g/mol. The summed E-state index contributed by atoms with van der Waals surface area (Å²) >= 11 is 4.45. The maximum Gasteiger partial charge on any atom is 0.412 e. The molecule has 2 rings (SSSR count). The first-order chi connectivity index (χ1) is 10.1. The van der Waals surface area contributed by atoms with Gasteiger partial charge in [-0.1, -0.05) is 30.3 Å². The number of ether oxygens (including phenoxy) is 2. The minimum Gasteiger partial charge on any atom is -0.465 e. The molecule has 1 aromatic carbocycles. The van der Waals surface area contributed by atoms with Gasteiger partial charge in [0.1, 0.15) is 11.5 Å². The fourth-order valence-electron chi connectivity index (χ4n) is 1.56. The van der Waals surface area contributed by atoms with E-state index < -0.39 is 12.1 Å². The molecule has 0 bridgehead atoms. The molecule has 7 heteroatoms. The Bertz CT molecular complexity index is 642. The molecule has 110 valence electrons. The summed E-state index contributed by atoms with van der Waals surface area (Å²) in [5.74, 6) is -0.510. The van der Waals surface area contributed by atoms with Crippen LogP contribution < -0.4 is 5.32 Å². The van der Waals surface area contributed by atoms with Crippen LogP contribution in [0.3, 0.4) is 0 Å². The Morgan fingerprint density at radius 1 is 1.29 bits per heavy atom. The number of carbonyl (C=O) groups is 2. The molecule has 0 fully saturated rings. The summed E-state index contributed by atoms with van der Waals surface area (Å²) in [6, 6.07) is 9.32. The Balaban J connectivity index is 2.00. The van der Waals surface area contributed by atoms with Gasteiger partial charge in [-0.2, -0.15) is 0 Å². The van der Waals surface area contributed by atoms with Crippen molar-refractivity contribution >= 4 is 45.0 Å². The zero-order valence-electron chi connectivity index (χ0n) is 11.1. The molecule has 1 N–H and O–H groups in total. The Morgan fingerprint density at radius 3 is 2.67 bits per heavy atom. The Hall–Kier alpha value is -1.86. The lowest BCUT2D eigenvalue weighted by Gasteiger charge is -2.08. The van der Waals surface area contributed by atoms with Crippen molar-refractivity contribution in [2.45, 2.75) is 6.61 Å². The molecule has 1 aromatic heterocycles. The molecule has 0 saturated carbocycles. The third kappa shape index (κ3) is 4.05. The van der Waals surface area contributed by atoms with Crippen molar-refractivity contribution in [1.82, 2.24) is 0 Å². The first kappa shape index (κ1) is 15.5. The summed E-state index contributed by atoms with van der Waals surface area (Å²) in [5, 5.41) is 4.24. The van der Waals surface area contributed by atoms with Crippen molar-refractivity contribution in [3.05, 3.63) is 50.6 Å².